The average molecular weight is 145 g/mol. The van der Waals surface area contributed by atoms with E-state index in [1.54, 1.807) is 7.11 Å². The Hall–Kier alpha value is -0.0800. The molecule has 0 aromatic rings. The van der Waals surface area contributed by atoms with Crippen LogP contribution in [-0.4, -0.2) is 18.8 Å². The van der Waals surface area contributed by atoms with Crippen LogP contribution < -0.4 is 5.73 Å². The highest BCUT2D eigenvalue weighted by Crippen LogP contribution is 2.22. The molecule has 0 heterocycles. The average Bonchev–Trinajstić information content (AvgIpc) is 1.92. The molecular formula is C8H19NO. The van der Waals surface area contributed by atoms with Crippen LogP contribution >= 0.6 is 0 Å². The number of hydrogen-bond acceptors (Lipinski definition) is 2. The molecule has 0 radical (unpaired) electrons. The molecule has 0 aliphatic rings. The van der Waals surface area contributed by atoms with Gasteiger partial charge in [0.2, 0.25) is 0 Å². The lowest BCUT2D eigenvalue weighted by Crippen LogP contribution is -2.46. The molecule has 0 amide bonds. The van der Waals surface area contributed by atoms with Crippen molar-refractivity contribution in [3.63, 3.8) is 0 Å². The Kier molecular flexibility index (Phi) is 3.91. The summed E-state index contributed by atoms with van der Waals surface area (Å²) in [6.07, 6.45) is 1.97. The Morgan fingerprint density at radius 1 is 1.40 bits per heavy atom. The van der Waals surface area contributed by atoms with Crippen molar-refractivity contribution in [2.45, 2.75) is 45.3 Å². The standard InChI is InChI=1S/C8H19NO/c1-5-8(6-2,10-4)7(3)9/h7H,5-6,9H2,1-4H3/t7-/m0/s1. The molecule has 0 aromatic heterocycles. The third-order valence-electron chi connectivity index (χ3n) is 2.43. The number of rotatable bonds is 4. The molecule has 0 fully saturated rings. The highest BCUT2D eigenvalue weighted by Gasteiger charge is 2.29. The number of nitrogens with two attached hydrogens (primary N) is 1. The van der Waals surface area contributed by atoms with Crippen LogP contribution in [0.3, 0.4) is 0 Å². The summed E-state index contributed by atoms with van der Waals surface area (Å²) in [4.78, 5) is 0. The molecule has 0 rings (SSSR count). The fourth-order valence-corrected chi connectivity index (χ4v) is 1.37. The Morgan fingerprint density at radius 3 is 1.80 bits per heavy atom. The Labute approximate surface area is 63.7 Å². The first-order chi connectivity index (χ1) is 4.63. The summed E-state index contributed by atoms with van der Waals surface area (Å²) in [6.45, 7) is 6.21. The van der Waals surface area contributed by atoms with E-state index in [4.69, 9.17) is 10.5 Å². The van der Waals surface area contributed by atoms with E-state index in [-0.39, 0.29) is 11.6 Å². The smallest absolute Gasteiger partial charge is 0.0820 e. The van der Waals surface area contributed by atoms with Gasteiger partial charge in [0, 0.05) is 13.2 Å². The Bertz CT molecular complexity index is 79.0. The highest BCUT2D eigenvalue weighted by atomic mass is 16.5. The molecule has 0 spiro atoms. The molecule has 0 saturated carbocycles. The van der Waals surface area contributed by atoms with Crippen molar-refractivity contribution in [2.24, 2.45) is 5.73 Å². The first kappa shape index (κ1) is 9.92. The van der Waals surface area contributed by atoms with Gasteiger partial charge in [-0.1, -0.05) is 13.8 Å². The summed E-state index contributed by atoms with van der Waals surface area (Å²) in [5, 5.41) is 0. The van der Waals surface area contributed by atoms with Crippen molar-refractivity contribution in [1.82, 2.24) is 0 Å². The Balaban J connectivity index is 4.15. The second kappa shape index (κ2) is 3.94. The molecule has 0 aliphatic carbocycles. The molecule has 0 saturated heterocycles. The van der Waals surface area contributed by atoms with Gasteiger partial charge < -0.3 is 10.5 Å². The second-order valence-corrected chi connectivity index (χ2v) is 2.76. The topological polar surface area (TPSA) is 35.2 Å². The predicted molar refractivity (Wildman–Crippen MR) is 44.0 cm³/mol. The Morgan fingerprint density at radius 2 is 1.80 bits per heavy atom. The first-order valence-corrected chi connectivity index (χ1v) is 3.93. The molecule has 2 heteroatoms. The maximum Gasteiger partial charge on any atom is 0.0820 e. The van der Waals surface area contributed by atoms with E-state index in [9.17, 15) is 0 Å². The van der Waals surface area contributed by atoms with E-state index in [0.717, 1.165) is 12.8 Å². The summed E-state index contributed by atoms with van der Waals surface area (Å²) in [6, 6.07) is 0.118. The van der Waals surface area contributed by atoms with Crippen LogP contribution in [0.2, 0.25) is 0 Å². The summed E-state index contributed by atoms with van der Waals surface area (Å²) >= 11 is 0. The molecular weight excluding hydrogens is 126 g/mol. The molecule has 0 bridgehead atoms. The van der Waals surface area contributed by atoms with Crippen LogP contribution in [0.4, 0.5) is 0 Å². The third-order valence-corrected chi connectivity index (χ3v) is 2.43. The lowest BCUT2D eigenvalue weighted by atomic mass is 9.90. The molecule has 0 unspecified atom stereocenters. The first-order valence-electron chi connectivity index (χ1n) is 3.93. The molecule has 0 aromatic carbocycles. The molecule has 2 N–H and O–H groups in total. The van der Waals surface area contributed by atoms with Crippen LogP contribution in [0.1, 0.15) is 33.6 Å². The van der Waals surface area contributed by atoms with Crippen molar-refractivity contribution in [1.29, 1.82) is 0 Å². The SMILES string of the molecule is CCC(CC)(OC)[C@H](C)N. The van der Waals surface area contributed by atoms with Crippen LogP contribution in [0.5, 0.6) is 0 Å². The molecule has 10 heavy (non-hydrogen) atoms. The maximum atomic E-state index is 5.78. The molecule has 62 valence electrons. The van der Waals surface area contributed by atoms with Gasteiger partial charge in [-0.05, 0) is 19.8 Å². The van der Waals surface area contributed by atoms with E-state index in [1.165, 1.54) is 0 Å². The minimum Gasteiger partial charge on any atom is -0.377 e. The van der Waals surface area contributed by atoms with Crippen LogP contribution in [0.15, 0.2) is 0 Å². The van der Waals surface area contributed by atoms with Crippen molar-refractivity contribution in [3.8, 4) is 0 Å². The summed E-state index contributed by atoms with van der Waals surface area (Å²) in [5.41, 5.74) is 5.68. The minimum absolute atomic E-state index is 0.0972. The van der Waals surface area contributed by atoms with Gasteiger partial charge in [0.15, 0.2) is 0 Å². The van der Waals surface area contributed by atoms with Crippen LogP contribution in [0.25, 0.3) is 0 Å². The van der Waals surface area contributed by atoms with Crippen LogP contribution in [-0.2, 0) is 4.74 Å². The number of hydrogen-bond donors (Lipinski definition) is 1. The van der Waals surface area contributed by atoms with Crippen molar-refractivity contribution < 1.29 is 4.74 Å². The number of ether oxygens (including phenoxy) is 1. The van der Waals surface area contributed by atoms with Gasteiger partial charge in [-0.2, -0.15) is 0 Å². The van der Waals surface area contributed by atoms with E-state index in [0.29, 0.717) is 0 Å². The summed E-state index contributed by atoms with van der Waals surface area (Å²) in [7, 11) is 1.73. The molecule has 0 aliphatic heterocycles. The lowest BCUT2D eigenvalue weighted by Gasteiger charge is -2.33. The van der Waals surface area contributed by atoms with Crippen molar-refractivity contribution in [2.75, 3.05) is 7.11 Å². The van der Waals surface area contributed by atoms with E-state index in [2.05, 4.69) is 13.8 Å². The monoisotopic (exact) mass is 145 g/mol. The highest BCUT2D eigenvalue weighted by molar-refractivity contribution is 4.85. The predicted octanol–water partition coefficient (Wildman–Crippen LogP) is 1.54. The third kappa shape index (κ3) is 1.70. The lowest BCUT2D eigenvalue weighted by molar-refractivity contribution is -0.0331. The van der Waals surface area contributed by atoms with Gasteiger partial charge in [0.05, 0.1) is 5.60 Å². The number of methoxy groups -OCH3 is 1. The summed E-state index contributed by atoms with van der Waals surface area (Å²) < 4.78 is 5.37. The largest absolute Gasteiger partial charge is 0.377 e. The van der Waals surface area contributed by atoms with Crippen molar-refractivity contribution >= 4 is 0 Å². The van der Waals surface area contributed by atoms with Crippen molar-refractivity contribution in [3.05, 3.63) is 0 Å². The van der Waals surface area contributed by atoms with E-state index in [1.807, 2.05) is 6.92 Å². The summed E-state index contributed by atoms with van der Waals surface area (Å²) in [5.74, 6) is 0. The van der Waals surface area contributed by atoms with Gasteiger partial charge >= 0.3 is 0 Å². The van der Waals surface area contributed by atoms with Crippen LogP contribution in [0, 0.1) is 0 Å². The second-order valence-electron chi connectivity index (χ2n) is 2.76. The minimum atomic E-state index is -0.0972. The molecule has 2 nitrogen and oxygen atoms in total. The van der Waals surface area contributed by atoms with Gasteiger partial charge in [-0.25, -0.2) is 0 Å². The quantitative estimate of drug-likeness (QED) is 0.651. The van der Waals surface area contributed by atoms with Gasteiger partial charge in [-0.3, -0.25) is 0 Å². The van der Waals surface area contributed by atoms with Gasteiger partial charge in [-0.15, -0.1) is 0 Å². The van der Waals surface area contributed by atoms with Gasteiger partial charge in [0.25, 0.3) is 0 Å². The molecule has 1 atom stereocenters. The normalized spacial score (nSPS) is 15.3. The van der Waals surface area contributed by atoms with Gasteiger partial charge in [0.1, 0.15) is 0 Å². The zero-order valence-corrected chi connectivity index (χ0v) is 7.48. The fraction of sp³-hybridized carbons (Fsp3) is 1.00. The van der Waals surface area contributed by atoms with E-state index >= 15 is 0 Å². The van der Waals surface area contributed by atoms with E-state index < -0.39 is 0 Å². The zero-order chi connectivity index (χ0) is 8.20. The zero-order valence-electron chi connectivity index (χ0n) is 7.48. The fourth-order valence-electron chi connectivity index (χ4n) is 1.37. The maximum absolute atomic E-state index is 5.78.